The highest BCUT2D eigenvalue weighted by Crippen LogP contribution is 2.30. The fourth-order valence-corrected chi connectivity index (χ4v) is 2.42. The average molecular weight is 338 g/mol. The van der Waals surface area contributed by atoms with Crippen LogP contribution in [0, 0.1) is 12.7 Å². The first kappa shape index (κ1) is 17.8. The fraction of sp³-hybridized carbons (Fsp3) is 0.222. The van der Waals surface area contributed by atoms with Gasteiger partial charge in [-0.3, -0.25) is 9.59 Å². The number of aryl methyl sites for hydroxylation is 1. The van der Waals surface area contributed by atoms with E-state index in [0.29, 0.717) is 23.0 Å². The molecule has 0 heterocycles. The first-order valence-electron chi connectivity index (χ1n) is 7.12. The van der Waals surface area contributed by atoms with Crippen molar-refractivity contribution in [2.45, 2.75) is 25.9 Å². The van der Waals surface area contributed by atoms with Crippen molar-refractivity contribution in [1.82, 2.24) is 0 Å². The lowest BCUT2D eigenvalue weighted by Crippen LogP contribution is -2.10. The lowest BCUT2D eigenvalue weighted by atomic mass is 9.97. The van der Waals surface area contributed by atoms with Crippen LogP contribution in [-0.4, -0.2) is 12.1 Å². The molecule has 126 valence electrons. The Morgan fingerprint density at radius 3 is 2.38 bits per heavy atom. The van der Waals surface area contributed by atoms with Gasteiger partial charge in [0.05, 0.1) is 5.56 Å². The quantitative estimate of drug-likeness (QED) is 0.601. The number of hydrogen-bond acceptors (Lipinski definition) is 2. The molecule has 0 bridgehead atoms. The van der Waals surface area contributed by atoms with Crippen LogP contribution in [0.1, 0.15) is 32.6 Å². The minimum absolute atomic E-state index is 0.0586. The van der Waals surface area contributed by atoms with Crippen LogP contribution >= 0.6 is 0 Å². The normalized spacial score (nSPS) is 11.4. The summed E-state index contributed by atoms with van der Waals surface area (Å²) in [7, 11) is 0. The van der Waals surface area contributed by atoms with Crippen LogP contribution in [0.3, 0.4) is 0 Å². The van der Waals surface area contributed by atoms with E-state index in [0.717, 1.165) is 24.3 Å². The van der Waals surface area contributed by atoms with Crippen molar-refractivity contribution in [3.63, 3.8) is 0 Å². The number of rotatable bonds is 5. The smallest absolute Gasteiger partial charge is 0.299 e. The van der Waals surface area contributed by atoms with E-state index in [1.54, 1.807) is 0 Å². The van der Waals surface area contributed by atoms with Gasteiger partial charge in [0.2, 0.25) is 0 Å². The fourth-order valence-electron chi connectivity index (χ4n) is 2.42. The van der Waals surface area contributed by atoms with E-state index in [4.69, 9.17) is 0 Å². The van der Waals surface area contributed by atoms with E-state index < -0.39 is 17.6 Å². The SMILES string of the molecule is Cc1cc(C(F)(F)F)ccc1CC(=O)Cc1cc(F)cc(C=O)c1. The Bertz CT molecular complexity index is 779. The molecule has 6 heteroatoms. The third kappa shape index (κ3) is 4.50. The molecule has 0 atom stereocenters. The van der Waals surface area contributed by atoms with Crippen molar-refractivity contribution in [2.24, 2.45) is 0 Å². The summed E-state index contributed by atoms with van der Waals surface area (Å²) in [5, 5.41) is 0. The minimum atomic E-state index is -4.43. The highest BCUT2D eigenvalue weighted by Gasteiger charge is 2.30. The van der Waals surface area contributed by atoms with Crippen molar-refractivity contribution >= 4 is 12.1 Å². The molecular weight excluding hydrogens is 324 g/mol. The molecule has 0 aliphatic rings. The zero-order valence-electron chi connectivity index (χ0n) is 12.8. The van der Waals surface area contributed by atoms with E-state index in [1.165, 1.54) is 19.1 Å². The van der Waals surface area contributed by atoms with Crippen molar-refractivity contribution in [3.05, 3.63) is 70.0 Å². The molecule has 0 aliphatic carbocycles. The minimum Gasteiger partial charge on any atom is -0.299 e. The van der Waals surface area contributed by atoms with E-state index in [-0.39, 0.29) is 24.2 Å². The molecule has 24 heavy (non-hydrogen) atoms. The summed E-state index contributed by atoms with van der Waals surface area (Å²) in [4.78, 5) is 22.8. The van der Waals surface area contributed by atoms with Crippen LogP contribution < -0.4 is 0 Å². The highest BCUT2D eigenvalue weighted by molar-refractivity contribution is 5.84. The van der Waals surface area contributed by atoms with Crippen molar-refractivity contribution < 1.29 is 27.2 Å². The number of benzene rings is 2. The summed E-state index contributed by atoms with van der Waals surface area (Å²) in [6.07, 6.45) is -4.10. The molecule has 2 rings (SSSR count). The summed E-state index contributed by atoms with van der Waals surface area (Å²) < 4.78 is 51.2. The second kappa shape index (κ2) is 6.95. The molecule has 0 N–H and O–H groups in total. The molecule has 0 saturated heterocycles. The molecule has 0 amide bonds. The van der Waals surface area contributed by atoms with E-state index in [9.17, 15) is 27.2 Å². The molecule has 0 unspecified atom stereocenters. The lowest BCUT2D eigenvalue weighted by molar-refractivity contribution is -0.137. The Morgan fingerprint density at radius 1 is 1.08 bits per heavy atom. The van der Waals surface area contributed by atoms with Crippen molar-refractivity contribution in [2.75, 3.05) is 0 Å². The Hall–Kier alpha value is -2.50. The van der Waals surface area contributed by atoms with Crippen LogP contribution in [-0.2, 0) is 23.8 Å². The Balaban J connectivity index is 2.13. The summed E-state index contributed by atoms with van der Waals surface area (Å²) in [5.74, 6) is -0.895. The van der Waals surface area contributed by atoms with Gasteiger partial charge in [-0.05, 0) is 53.9 Å². The topological polar surface area (TPSA) is 34.1 Å². The van der Waals surface area contributed by atoms with Crippen molar-refractivity contribution in [3.8, 4) is 0 Å². The third-order valence-electron chi connectivity index (χ3n) is 3.57. The highest BCUT2D eigenvalue weighted by atomic mass is 19.4. The molecule has 2 aromatic rings. The Labute approximate surface area is 136 Å². The van der Waals surface area contributed by atoms with Gasteiger partial charge in [-0.25, -0.2) is 4.39 Å². The molecule has 0 saturated carbocycles. The van der Waals surface area contributed by atoms with Crippen LogP contribution in [0.25, 0.3) is 0 Å². The van der Waals surface area contributed by atoms with Gasteiger partial charge in [0, 0.05) is 18.4 Å². The summed E-state index contributed by atoms with van der Waals surface area (Å²) >= 11 is 0. The van der Waals surface area contributed by atoms with Gasteiger partial charge in [0.1, 0.15) is 17.9 Å². The number of Topliss-reactive ketones (excluding diaryl/α,β-unsaturated/α-hetero) is 1. The first-order valence-corrected chi connectivity index (χ1v) is 7.12. The standard InChI is InChI=1S/C18H14F4O2/c1-11-4-15(18(20,21)22)3-2-14(11)9-17(24)8-12-5-13(10-23)7-16(19)6-12/h2-7,10H,8-9H2,1H3. The van der Waals surface area contributed by atoms with Crippen LogP contribution in [0.15, 0.2) is 36.4 Å². The number of halogens is 4. The van der Waals surface area contributed by atoms with Gasteiger partial charge >= 0.3 is 6.18 Å². The number of ketones is 1. The number of aldehydes is 1. The number of carbonyl (C=O) groups excluding carboxylic acids is 2. The van der Waals surface area contributed by atoms with E-state index in [2.05, 4.69) is 0 Å². The predicted octanol–water partition coefficient (Wildman–Crippen LogP) is 4.32. The maximum absolute atomic E-state index is 13.3. The van der Waals surface area contributed by atoms with Crippen LogP contribution in [0.4, 0.5) is 17.6 Å². The molecule has 0 fully saturated rings. The summed E-state index contributed by atoms with van der Waals surface area (Å²) in [6.45, 7) is 1.50. The largest absolute Gasteiger partial charge is 0.416 e. The van der Waals surface area contributed by atoms with Gasteiger partial charge in [-0.2, -0.15) is 13.2 Å². The van der Waals surface area contributed by atoms with Gasteiger partial charge in [-0.15, -0.1) is 0 Å². The summed E-state index contributed by atoms with van der Waals surface area (Å²) in [6, 6.07) is 6.83. The monoisotopic (exact) mass is 338 g/mol. The molecule has 0 aromatic heterocycles. The van der Waals surface area contributed by atoms with Gasteiger partial charge in [0.15, 0.2) is 0 Å². The van der Waals surface area contributed by atoms with Crippen LogP contribution in [0.2, 0.25) is 0 Å². The third-order valence-corrected chi connectivity index (χ3v) is 3.57. The Kier molecular flexibility index (Phi) is 5.17. The Morgan fingerprint density at radius 2 is 1.79 bits per heavy atom. The number of alkyl halides is 3. The van der Waals surface area contributed by atoms with E-state index in [1.807, 2.05) is 0 Å². The zero-order valence-corrected chi connectivity index (χ0v) is 12.8. The van der Waals surface area contributed by atoms with Gasteiger partial charge in [0.25, 0.3) is 0 Å². The zero-order chi connectivity index (χ0) is 17.9. The molecule has 2 aromatic carbocycles. The molecule has 0 aliphatic heterocycles. The first-order chi connectivity index (χ1) is 11.2. The lowest BCUT2D eigenvalue weighted by Gasteiger charge is -2.11. The molecule has 0 radical (unpaired) electrons. The molecule has 0 spiro atoms. The van der Waals surface area contributed by atoms with Gasteiger partial charge in [-0.1, -0.05) is 6.07 Å². The molecule has 2 nitrogen and oxygen atoms in total. The second-order valence-corrected chi connectivity index (χ2v) is 5.54. The number of hydrogen-bond donors (Lipinski definition) is 0. The maximum atomic E-state index is 13.3. The van der Waals surface area contributed by atoms with E-state index >= 15 is 0 Å². The van der Waals surface area contributed by atoms with Crippen LogP contribution in [0.5, 0.6) is 0 Å². The maximum Gasteiger partial charge on any atom is 0.416 e. The molecular formula is C18H14F4O2. The number of carbonyl (C=O) groups is 2. The second-order valence-electron chi connectivity index (χ2n) is 5.54. The summed E-state index contributed by atoms with van der Waals surface area (Å²) in [5.41, 5.74) is 0.568. The van der Waals surface area contributed by atoms with Crippen molar-refractivity contribution in [1.29, 1.82) is 0 Å². The predicted molar refractivity (Wildman–Crippen MR) is 80.4 cm³/mol. The van der Waals surface area contributed by atoms with Gasteiger partial charge < -0.3 is 0 Å². The average Bonchev–Trinajstić information content (AvgIpc) is 2.47.